The largest absolute Gasteiger partial charge is 0.481 e. The molecule has 4 rings (SSSR count). The standard InChI is InChI=1S/C18H19N3O5/c22-14(20-8-6-12(9-20)15(23)24)10-21-16(25)18(19-17(21)26)7-5-11-3-1-2-4-13(11)18/h1-4,12H,5-10H2,(H,19,26)(H,23,24). The topological polar surface area (TPSA) is 107 Å². The molecular formula is C18H19N3O5. The summed E-state index contributed by atoms with van der Waals surface area (Å²) in [6.45, 7) is 0.0835. The number of aliphatic carboxylic acids is 1. The molecule has 2 fully saturated rings. The molecular weight excluding hydrogens is 338 g/mol. The smallest absolute Gasteiger partial charge is 0.325 e. The Morgan fingerprint density at radius 3 is 2.77 bits per heavy atom. The molecule has 8 heteroatoms. The number of urea groups is 1. The first kappa shape index (κ1) is 16.6. The van der Waals surface area contributed by atoms with Crippen LogP contribution in [0.15, 0.2) is 24.3 Å². The lowest BCUT2D eigenvalue weighted by molar-refractivity contribution is -0.142. The molecule has 1 aromatic rings. The highest BCUT2D eigenvalue weighted by Crippen LogP contribution is 2.41. The zero-order chi connectivity index (χ0) is 18.5. The van der Waals surface area contributed by atoms with E-state index in [1.54, 1.807) is 0 Å². The summed E-state index contributed by atoms with van der Waals surface area (Å²) < 4.78 is 0. The van der Waals surface area contributed by atoms with Gasteiger partial charge in [-0.15, -0.1) is 0 Å². The molecule has 0 bridgehead atoms. The number of likely N-dealkylation sites (tertiary alicyclic amines) is 1. The first-order valence-electron chi connectivity index (χ1n) is 8.65. The van der Waals surface area contributed by atoms with Gasteiger partial charge in [0.1, 0.15) is 12.1 Å². The third-order valence-corrected chi connectivity index (χ3v) is 5.61. The van der Waals surface area contributed by atoms with Crippen molar-refractivity contribution in [2.75, 3.05) is 19.6 Å². The van der Waals surface area contributed by atoms with Crippen molar-refractivity contribution < 1.29 is 24.3 Å². The van der Waals surface area contributed by atoms with Crippen molar-refractivity contribution in [1.29, 1.82) is 0 Å². The summed E-state index contributed by atoms with van der Waals surface area (Å²) >= 11 is 0. The van der Waals surface area contributed by atoms with E-state index in [0.717, 1.165) is 16.0 Å². The van der Waals surface area contributed by atoms with Gasteiger partial charge in [-0.25, -0.2) is 4.79 Å². The number of nitrogens with one attached hydrogen (secondary N) is 1. The van der Waals surface area contributed by atoms with Gasteiger partial charge in [0, 0.05) is 13.1 Å². The van der Waals surface area contributed by atoms with E-state index in [2.05, 4.69) is 5.32 Å². The number of nitrogens with zero attached hydrogens (tertiary/aromatic N) is 2. The number of hydrogen-bond donors (Lipinski definition) is 2. The van der Waals surface area contributed by atoms with Crippen molar-refractivity contribution in [3.63, 3.8) is 0 Å². The number of hydrogen-bond acceptors (Lipinski definition) is 4. The van der Waals surface area contributed by atoms with Gasteiger partial charge < -0.3 is 15.3 Å². The Labute approximate surface area is 149 Å². The van der Waals surface area contributed by atoms with Gasteiger partial charge in [0.15, 0.2) is 0 Å². The minimum atomic E-state index is -1.08. The number of imide groups is 1. The number of rotatable bonds is 3. The lowest BCUT2D eigenvalue weighted by Crippen LogP contribution is -2.44. The molecule has 26 heavy (non-hydrogen) atoms. The van der Waals surface area contributed by atoms with E-state index in [9.17, 15) is 19.2 Å². The second-order valence-corrected chi connectivity index (χ2v) is 7.05. The quantitative estimate of drug-likeness (QED) is 0.758. The molecule has 2 N–H and O–H groups in total. The summed E-state index contributed by atoms with van der Waals surface area (Å²) in [5, 5.41) is 11.8. The number of aryl methyl sites for hydroxylation is 1. The molecule has 3 aliphatic rings. The molecule has 1 spiro atoms. The van der Waals surface area contributed by atoms with Gasteiger partial charge in [0.25, 0.3) is 5.91 Å². The minimum Gasteiger partial charge on any atom is -0.481 e. The first-order valence-corrected chi connectivity index (χ1v) is 8.65. The molecule has 2 heterocycles. The van der Waals surface area contributed by atoms with Crippen molar-refractivity contribution in [1.82, 2.24) is 15.1 Å². The highest BCUT2D eigenvalue weighted by Gasteiger charge is 2.55. The number of amides is 4. The fourth-order valence-electron chi connectivity index (χ4n) is 4.16. The summed E-state index contributed by atoms with van der Waals surface area (Å²) in [6, 6.07) is 6.92. The third-order valence-electron chi connectivity index (χ3n) is 5.61. The van der Waals surface area contributed by atoms with Crippen molar-refractivity contribution >= 4 is 23.8 Å². The van der Waals surface area contributed by atoms with Crippen LogP contribution in [0.3, 0.4) is 0 Å². The van der Waals surface area contributed by atoms with Gasteiger partial charge in [-0.1, -0.05) is 24.3 Å². The average molecular weight is 357 g/mol. The Morgan fingerprint density at radius 1 is 1.27 bits per heavy atom. The number of fused-ring (bicyclic) bond motifs is 2. The Hall–Kier alpha value is -2.90. The van der Waals surface area contributed by atoms with E-state index in [1.807, 2.05) is 24.3 Å². The zero-order valence-corrected chi connectivity index (χ0v) is 14.1. The van der Waals surface area contributed by atoms with E-state index < -0.39 is 35.3 Å². The van der Waals surface area contributed by atoms with Gasteiger partial charge >= 0.3 is 12.0 Å². The molecule has 0 aromatic heterocycles. The number of carbonyl (C=O) groups is 4. The van der Waals surface area contributed by atoms with Crippen LogP contribution in [0, 0.1) is 5.92 Å². The lowest BCUT2D eigenvalue weighted by Gasteiger charge is -2.23. The molecule has 4 amide bonds. The summed E-state index contributed by atoms with van der Waals surface area (Å²) in [7, 11) is 0. The molecule has 1 aromatic carbocycles. The van der Waals surface area contributed by atoms with Crippen LogP contribution in [-0.2, 0) is 26.3 Å². The van der Waals surface area contributed by atoms with Gasteiger partial charge in [0.2, 0.25) is 5.91 Å². The predicted octanol–water partition coefficient (Wildman–Crippen LogP) is 0.313. The number of carbonyl (C=O) groups excluding carboxylic acids is 3. The molecule has 8 nitrogen and oxygen atoms in total. The van der Waals surface area contributed by atoms with Crippen LogP contribution in [0.2, 0.25) is 0 Å². The molecule has 2 unspecified atom stereocenters. The van der Waals surface area contributed by atoms with Gasteiger partial charge in [0.05, 0.1) is 5.92 Å². The zero-order valence-electron chi connectivity index (χ0n) is 14.1. The summed E-state index contributed by atoms with van der Waals surface area (Å²) in [6.07, 6.45) is 1.56. The highest BCUT2D eigenvalue weighted by atomic mass is 16.4. The van der Waals surface area contributed by atoms with Crippen LogP contribution in [-0.4, -0.2) is 58.4 Å². The SMILES string of the molecule is O=C(O)C1CCN(C(=O)CN2C(=O)NC3(CCc4ccccc43)C2=O)C1. The van der Waals surface area contributed by atoms with Crippen LogP contribution < -0.4 is 5.32 Å². The summed E-state index contributed by atoms with van der Waals surface area (Å²) in [4.78, 5) is 51.3. The van der Waals surface area contributed by atoms with Crippen molar-refractivity contribution in [3.8, 4) is 0 Å². The van der Waals surface area contributed by atoms with Crippen LogP contribution in [0.25, 0.3) is 0 Å². The Bertz CT molecular complexity index is 823. The third kappa shape index (κ3) is 2.36. The Morgan fingerprint density at radius 2 is 2.04 bits per heavy atom. The second-order valence-electron chi connectivity index (χ2n) is 7.05. The molecule has 136 valence electrons. The maximum Gasteiger partial charge on any atom is 0.325 e. The fourth-order valence-corrected chi connectivity index (χ4v) is 4.16. The van der Waals surface area contributed by atoms with Crippen LogP contribution >= 0.6 is 0 Å². The number of benzene rings is 1. The Balaban J connectivity index is 1.51. The molecule has 2 aliphatic heterocycles. The Kier molecular flexibility index (Phi) is 3.71. The van der Waals surface area contributed by atoms with E-state index in [-0.39, 0.29) is 13.1 Å². The predicted molar refractivity (Wildman–Crippen MR) is 89.0 cm³/mol. The van der Waals surface area contributed by atoms with E-state index in [1.165, 1.54) is 4.90 Å². The number of carboxylic acids is 1. The van der Waals surface area contributed by atoms with Crippen molar-refractivity contribution in [3.05, 3.63) is 35.4 Å². The average Bonchev–Trinajstić information content (AvgIpc) is 3.30. The summed E-state index contributed by atoms with van der Waals surface area (Å²) in [5.74, 6) is -2.33. The molecule has 1 aliphatic carbocycles. The fraction of sp³-hybridized carbons (Fsp3) is 0.444. The van der Waals surface area contributed by atoms with Gasteiger partial charge in [-0.05, 0) is 30.4 Å². The van der Waals surface area contributed by atoms with Gasteiger partial charge in [-0.3, -0.25) is 19.3 Å². The van der Waals surface area contributed by atoms with Crippen molar-refractivity contribution in [2.24, 2.45) is 5.92 Å². The minimum absolute atomic E-state index is 0.117. The summed E-state index contributed by atoms with van der Waals surface area (Å²) in [5.41, 5.74) is 0.737. The second kappa shape index (κ2) is 5.82. The normalized spacial score (nSPS) is 27.2. The molecule has 0 saturated carbocycles. The molecule has 2 atom stereocenters. The molecule has 0 radical (unpaired) electrons. The monoisotopic (exact) mass is 357 g/mol. The lowest BCUT2D eigenvalue weighted by atomic mass is 9.92. The van der Waals surface area contributed by atoms with E-state index >= 15 is 0 Å². The van der Waals surface area contributed by atoms with E-state index in [4.69, 9.17) is 5.11 Å². The van der Waals surface area contributed by atoms with Crippen LogP contribution in [0.4, 0.5) is 4.79 Å². The van der Waals surface area contributed by atoms with Crippen LogP contribution in [0.1, 0.15) is 24.0 Å². The van der Waals surface area contributed by atoms with Gasteiger partial charge in [-0.2, -0.15) is 0 Å². The maximum atomic E-state index is 13.0. The molecule has 2 saturated heterocycles. The van der Waals surface area contributed by atoms with Crippen molar-refractivity contribution in [2.45, 2.75) is 24.8 Å². The van der Waals surface area contributed by atoms with E-state index in [0.29, 0.717) is 25.8 Å². The number of carboxylic acid groups (broad SMARTS) is 1. The first-order chi connectivity index (χ1) is 12.4. The van der Waals surface area contributed by atoms with Crippen LogP contribution in [0.5, 0.6) is 0 Å². The maximum absolute atomic E-state index is 13.0. The highest BCUT2D eigenvalue weighted by molar-refractivity contribution is 6.10.